The van der Waals surface area contributed by atoms with Crippen LogP contribution >= 0.6 is 0 Å². The van der Waals surface area contributed by atoms with E-state index >= 15 is 0 Å². The summed E-state index contributed by atoms with van der Waals surface area (Å²) >= 11 is 0. The van der Waals surface area contributed by atoms with Crippen molar-refractivity contribution in [1.82, 2.24) is 14.9 Å². The van der Waals surface area contributed by atoms with Crippen molar-refractivity contribution in [2.75, 3.05) is 25.0 Å². The van der Waals surface area contributed by atoms with Gasteiger partial charge >= 0.3 is 0 Å². The molecule has 0 aliphatic carbocycles. The second kappa shape index (κ2) is 5.96. The summed E-state index contributed by atoms with van der Waals surface area (Å²) in [6.45, 7) is 8.44. The normalized spacial score (nSPS) is 16.4. The van der Waals surface area contributed by atoms with Gasteiger partial charge in [0.25, 0.3) is 0 Å². The molecule has 94 valence electrons. The SMILES string of the molecule is CCCNc1cc(C)nc(CN2CCCC2)n1. The summed E-state index contributed by atoms with van der Waals surface area (Å²) in [5.74, 6) is 1.92. The van der Waals surface area contributed by atoms with E-state index in [9.17, 15) is 0 Å². The van der Waals surface area contributed by atoms with E-state index in [1.165, 1.54) is 25.9 Å². The van der Waals surface area contributed by atoms with Crippen LogP contribution in [0.15, 0.2) is 6.07 Å². The first-order chi connectivity index (χ1) is 8.28. The van der Waals surface area contributed by atoms with Gasteiger partial charge in [-0.05, 0) is 39.3 Å². The van der Waals surface area contributed by atoms with Gasteiger partial charge in [0, 0.05) is 18.3 Å². The summed E-state index contributed by atoms with van der Waals surface area (Å²) in [5.41, 5.74) is 1.05. The molecule has 0 spiro atoms. The lowest BCUT2D eigenvalue weighted by atomic mass is 10.4. The van der Waals surface area contributed by atoms with Crippen molar-refractivity contribution in [1.29, 1.82) is 0 Å². The molecule has 0 atom stereocenters. The lowest BCUT2D eigenvalue weighted by Crippen LogP contribution is -2.20. The van der Waals surface area contributed by atoms with Crippen molar-refractivity contribution in [2.24, 2.45) is 0 Å². The molecule has 1 aliphatic heterocycles. The van der Waals surface area contributed by atoms with Gasteiger partial charge in [0.05, 0.1) is 6.54 Å². The van der Waals surface area contributed by atoms with Gasteiger partial charge in [0.2, 0.25) is 0 Å². The Morgan fingerprint density at radius 2 is 2.06 bits per heavy atom. The predicted molar refractivity (Wildman–Crippen MR) is 70.1 cm³/mol. The lowest BCUT2D eigenvalue weighted by Gasteiger charge is -2.14. The molecule has 17 heavy (non-hydrogen) atoms. The summed E-state index contributed by atoms with van der Waals surface area (Å²) < 4.78 is 0. The summed E-state index contributed by atoms with van der Waals surface area (Å²) in [6, 6.07) is 2.02. The van der Waals surface area contributed by atoms with Crippen molar-refractivity contribution in [3.8, 4) is 0 Å². The maximum atomic E-state index is 4.57. The van der Waals surface area contributed by atoms with E-state index in [1.807, 2.05) is 13.0 Å². The van der Waals surface area contributed by atoms with Crippen LogP contribution in [0, 0.1) is 6.92 Å². The van der Waals surface area contributed by atoms with Crippen LogP contribution in [0.5, 0.6) is 0 Å². The molecule has 0 bridgehead atoms. The number of aromatic nitrogens is 2. The van der Waals surface area contributed by atoms with Crippen LogP contribution < -0.4 is 5.32 Å². The highest BCUT2D eigenvalue weighted by Gasteiger charge is 2.13. The minimum absolute atomic E-state index is 0.891. The number of nitrogens with one attached hydrogen (secondary N) is 1. The summed E-state index contributed by atoms with van der Waals surface area (Å²) in [4.78, 5) is 11.5. The molecule has 2 heterocycles. The Bertz CT molecular complexity index is 358. The van der Waals surface area contributed by atoms with Crippen molar-refractivity contribution in [3.63, 3.8) is 0 Å². The van der Waals surface area contributed by atoms with Gasteiger partial charge in [-0.1, -0.05) is 6.92 Å². The summed E-state index contributed by atoms with van der Waals surface area (Å²) in [6.07, 6.45) is 3.74. The van der Waals surface area contributed by atoms with Gasteiger partial charge < -0.3 is 5.32 Å². The highest BCUT2D eigenvalue weighted by Crippen LogP contribution is 2.12. The Labute approximate surface area is 103 Å². The number of hydrogen-bond donors (Lipinski definition) is 1. The molecule has 1 N–H and O–H groups in total. The predicted octanol–water partition coefficient (Wildman–Crippen LogP) is 2.20. The molecule has 1 aromatic heterocycles. The molecule has 1 fully saturated rings. The Morgan fingerprint density at radius 3 is 2.76 bits per heavy atom. The third-order valence-electron chi connectivity index (χ3n) is 3.02. The highest BCUT2D eigenvalue weighted by atomic mass is 15.2. The van der Waals surface area contributed by atoms with Gasteiger partial charge in [-0.15, -0.1) is 0 Å². The monoisotopic (exact) mass is 234 g/mol. The van der Waals surface area contributed by atoms with Gasteiger partial charge in [-0.25, -0.2) is 9.97 Å². The van der Waals surface area contributed by atoms with Crippen molar-refractivity contribution >= 4 is 5.82 Å². The fourth-order valence-corrected chi connectivity index (χ4v) is 2.19. The molecule has 0 radical (unpaired) electrons. The Hall–Kier alpha value is -1.16. The van der Waals surface area contributed by atoms with Crippen molar-refractivity contribution < 1.29 is 0 Å². The van der Waals surface area contributed by atoms with Gasteiger partial charge in [0.15, 0.2) is 0 Å². The Balaban J connectivity index is 2.02. The Kier molecular flexibility index (Phi) is 4.31. The summed E-state index contributed by atoms with van der Waals surface area (Å²) in [7, 11) is 0. The van der Waals surface area contributed by atoms with E-state index in [0.29, 0.717) is 0 Å². The van der Waals surface area contributed by atoms with Crippen LogP contribution in [0.3, 0.4) is 0 Å². The van der Waals surface area contributed by atoms with E-state index in [0.717, 1.165) is 36.8 Å². The first-order valence-corrected chi connectivity index (χ1v) is 6.58. The van der Waals surface area contributed by atoms with Crippen molar-refractivity contribution in [2.45, 2.75) is 39.7 Å². The van der Waals surface area contributed by atoms with Gasteiger partial charge in [0.1, 0.15) is 11.6 Å². The molecule has 0 aromatic carbocycles. The molecule has 1 saturated heterocycles. The van der Waals surface area contributed by atoms with Crippen LogP contribution in [0.1, 0.15) is 37.7 Å². The van der Waals surface area contributed by atoms with E-state index in [2.05, 4.69) is 27.1 Å². The lowest BCUT2D eigenvalue weighted by molar-refractivity contribution is 0.322. The molecule has 0 unspecified atom stereocenters. The topological polar surface area (TPSA) is 41.1 Å². The zero-order chi connectivity index (χ0) is 12.1. The van der Waals surface area contributed by atoms with E-state index in [4.69, 9.17) is 0 Å². The molecular weight excluding hydrogens is 212 g/mol. The molecule has 0 saturated carbocycles. The molecule has 4 nitrogen and oxygen atoms in total. The number of rotatable bonds is 5. The summed E-state index contributed by atoms with van der Waals surface area (Å²) in [5, 5.41) is 3.33. The minimum Gasteiger partial charge on any atom is -0.370 e. The first-order valence-electron chi connectivity index (χ1n) is 6.58. The van der Waals surface area contributed by atoms with E-state index in [1.54, 1.807) is 0 Å². The third-order valence-corrected chi connectivity index (χ3v) is 3.02. The fraction of sp³-hybridized carbons (Fsp3) is 0.692. The molecule has 1 aromatic rings. The standard InChI is InChI=1S/C13H22N4/c1-3-6-14-12-9-11(2)15-13(16-12)10-17-7-4-5-8-17/h9H,3-8,10H2,1-2H3,(H,14,15,16). The Morgan fingerprint density at radius 1 is 1.29 bits per heavy atom. The van der Waals surface area contributed by atoms with E-state index in [-0.39, 0.29) is 0 Å². The zero-order valence-electron chi connectivity index (χ0n) is 10.9. The zero-order valence-corrected chi connectivity index (χ0v) is 10.9. The van der Waals surface area contributed by atoms with Crippen LogP contribution in [-0.4, -0.2) is 34.5 Å². The smallest absolute Gasteiger partial charge is 0.144 e. The van der Waals surface area contributed by atoms with Gasteiger partial charge in [-0.2, -0.15) is 0 Å². The molecule has 1 aliphatic rings. The number of aryl methyl sites for hydroxylation is 1. The quantitative estimate of drug-likeness (QED) is 0.848. The average molecular weight is 234 g/mol. The first kappa shape index (κ1) is 12.3. The second-order valence-corrected chi connectivity index (χ2v) is 4.72. The van der Waals surface area contributed by atoms with Crippen LogP contribution in [0.4, 0.5) is 5.82 Å². The molecule has 0 amide bonds. The molecular formula is C13H22N4. The van der Waals surface area contributed by atoms with Crippen LogP contribution in [0.2, 0.25) is 0 Å². The fourth-order valence-electron chi connectivity index (χ4n) is 2.19. The number of nitrogens with zero attached hydrogens (tertiary/aromatic N) is 3. The maximum Gasteiger partial charge on any atom is 0.144 e. The average Bonchev–Trinajstić information content (AvgIpc) is 2.78. The van der Waals surface area contributed by atoms with Crippen molar-refractivity contribution in [3.05, 3.63) is 17.6 Å². The number of anilines is 1. The molecule has 4 heteroatoms. The van der Waals surface area contributed by atoms with Gasteiger partial charge in [-0.3, -0.25) is 4.90 Å². The van der Waals surface area contributed by atoms with Crippen LogP contribution in [-0.2, 0) is 6.54 Å². The highest BCUT2D eigenvalue weighted by molar-refractivity contribution is 5.35. The largest absolute Gasteiger partial charge is 0.370 e. The number of likely N-dealkylation sites (tertiary alicyclic amines) is 1. The minimum atomic E-state index is 0.891. The van der Waals surface area contributed by atoms with Crippen LogP contribution in [0.25, 0.3) is 0 Å². The molecule has 2 rings (SSSR count). The third kappa shape index (κ3) is 3.66. The second-order valence-electron chi connectivity index (χ2n) is 4.72. The maximum absolute atomic E-state index is 4.57. The van der Waals surface area contributed by atoms with E-state index < -0.39 is 0 Å². The number of hydrogen-bond acceptors (Lipinski definition) is 4.